The zero-order valence-corrected chi connectivity index (χ0v) is 21.9. The predicted octanol–water partition coefficient (Wildman–Crippen LogP) is 3.76. The van der Waals surface area contributed by atoms with Crippen molar-refractivity contribution in [3.05, 3.63) is 53.2 Å². The summed E-state index contributed by atoms with van der Waals surface area (Å²) in [6, 6.07) is 9.21. The van der Waals surface area contributed by atoms with Gasteiger partial charge in [-0.25, -0.2) is 0 Å². The third-order valence-electron chi connectivity index (χ3n) is 6.67. The number of carbonyl (C=O) groups is 1. The Morgan fingerprint density at radius 2 is 2.00 bits per heavy atom. The van der Waals surface area contributed by atoms with Gasteiger partial charge in [-0.15, -0.1) is 0 Å². The van der Waals surface area contributed by atoms with Crippen molar-refractivity contribution < 1.29 is 24.1 Å². The molecule has 0 spiro atoms. The molecule has 9 nitrogen and oxygen atoms in total. The van der Waals surface area contributed by atoms with Crippen LogP contribution in [0.5, 0.6) is 11.5 Å². The highest BCUT2D eigenvalue weighted by Gasteiger charge is 2.22. The Balaban J connectivity index is 1.58. The number of fused-ring (bicyclic) bond motifs is 1. The van der Waals surface area contributed by atoms with Gasteiger partial charge in [0.05, 0.1) is 49.3 Å². The summed E-state index contributed by atoms with van der Waals surface area (Å²) in [4.78, 5) is 19.1. The zero-order valence-electron chi connectivity index (χ0n) is 21.9. The first-order valence-electron chi connectivity index (χ1n) is 12.6. The highest BCUT2D eigenvalue weighted by Crippen LogP contribution is 2.38. The third kappa shape index (κ3) is 6.12. The van der Waals surface area contributed by atoms with E-state index in [4.69, 9.17) is 19.9 Å². The Morgan fingerprint density at radius 3 is 2.68 bits per heavy atom. The van der Waals surface area contributed by atoms with Gasteiger partial charge in [-0.1, -0.05) is 12.1 Å². The summed E-state index contributed by atoms with van der Waals surface area (Å²) in [5, 5.41) is 13.7. The second-order valence-corrected chi connectivity index (χ2v) is 9.52. The van der Waals surface area contributed by atoms with E-state index in [1.807, 2.05) is 37.3 Å². The molecule has 2 aromatic carbocycles. The average Bonchev–Trinajstić information content (AvgIpc) is 2.86. The molecule has 3 aromatic rings. The van der Waals surface area contributed by atoms with Gasteiger partial charge in [-0.05, 0) is 50.5 Å². The average molecular weight is 509 g/mol. The lowest BCUT2D eigenvalue weighted by molar-refractivity contribution is -0.0686. The molecule has 1 amide bonds. The monoisotopic (exact) mass is 508 g/mol. The van der Waals surface area contributed by atoms with E-state index in [0.717, 1.165) is 42.9 Å². The van der Waals surface area contributed by atoms with Crippen LogP contribution in [0.4, 0.5) is 11.4 Å². The number of nitrogens with zero attached hydrogens (tertiary/aromatic N) is 2. The number of benzene rings is 2. The maximum absolute atomic E-state index is 12.3. The van der Waals surface area contributed by atoms with E-state index < -0.39 is 5.91 Å². The number of amides is 1. The molecule has 2 atom stereocenters. The van der Waals surface area contributed by atoms with Crippen LogP contribution in [0.3, 0.4) is 0 Å². The van der Waals surface area contributed by atoms with Gasteiger partial charge < -0.3 is 30.4 Å². The molecule has 1 aromatic heterocycles. The summed E-state index contributed by atoms with van der Waals surface area (Å²) in [6.45, 7) is 9.32. The summed E-state index contributed by atoms with van der Waals surface area (Å²) in [6.07, 6.45) is 2.80. The molecule has 0 saturated carbocycles. The van der Waals surface area contributed by atoms with Crippen LogP contribution in [0.2, 0.25) is 0 Å². The van der Waals surface area contributed by atoms with Crippen molar-refractivity contribution >= 4 is 28.2 Å². The van der Waals surface area contributed by atoms with Gasteiger partial charge in [0.25, 0.3) is 5.91 Å². The minimum absolute atomic E-state index is 0.0841. The smallest absolute Gasteiger partial charge is 0.252 e. The lowest BCUT2D eigenvalue weighted by Gasteiger charge is -2.35. The van der Waals surface area contributed by atoms with Crippen LogP contribution in [0.1, 0.15) is 41.8 Å². The number of rotatable bonds is 10. The molecule has 1 saturated heterocycles. The van der Waals surface area contributed by atoms with Crippen LogP contribution < -0.4 is 20.5 Å². The number of aromatic nitrogens is 1. The molecule has 0 bridgehead atoms. The van der Waals surface area contributed by atoms with Crippen LogP contribution in [0, 0.1) is 6.92 Å². The maximum Gasteiger partial charge on any atom is 0.252 e. The van der Waals surface area contributed by atoms with Crippen molar-refractivity contribution in [2.75, 3.05) is 38.7 Å². The fourth-order valence-corrected chi connectivity index (χ4v) is 4.86. The molecular formula is C28H36N4O5. The number of methoxy groups -OCH3 is 1. The maximum atomic E-state index is 12.3. The van der Waals surface area contributed by atoms with Crippen molar-refractivity contribution in [2.45, 2.75) is 46.0 Å². The van der Waals surface area contributed by atoms with Gasteiger partial charge in [0.2, 0.25) is 0 Å². The lowest BCUT2D eigenvalue weighted by Crippen LogP contribution is -2.45. The first-order chi connectivity index (χ1) is 17.8. The van der Waals surface area contributed by atoms with Crippen LogP contribution in [0.25, 0.3) is 10.9 Å². The summed E-state index contributed by atoms with van der Waals surface area (Å²) in [5.41, 5.74) is 9.52. The van der Waals surface area contributed by atoms with Crippen LogP contribution in [-0.2, 0) is 11.3 Å². The number of morpholine rings is 1. The summed E-state index contributed by atoms with van der Waals surface area (Å²) < 4.78 is 17.6. The second kappa shape index (κ2) is 11.8. The molecule has 2 heterocycles. The van der Waals surface area contributed by atoms with E-state index in [0.29, 0.717) is 34.7 Å². The van der Waals surface area contributed by atoms with Crippen LogP contribution in [0.15, 0.2) is 36.5 Å². The Morgan fingerprint density at radius 1 is 1.24 bits per heavy atom. The first-order valence-corrected chi connectivity index (χ1v) is 12.6. The van der Waals surface area contributed by atoms with Gasteiger partial charge in [0.15, 0.2) is 11.5 Å². The van der Waals surface area contributed by atoms with E-state index in [2.05, 4.69) is 29.0 Å². The van der Waals surface area contributed by atoms with Crippen molar-refractivity contribution in [3.63, 3.8) is 0 Å². The topological polar surface area (TPSA) is 119 Å². The number of nitrogens with two attached hydrogens (primary N) is 1. The minimum atomic E-state index is -0.598. The highest BCUT2D eigenvalue weighted by molar-refractivity contribution is 6.08. The lowest BCUT2D eigenvalue weighted by atomic mass is 10.0. The quantitative estimate of drug-likeness (QED) is 0.354. The normalized spacial score (nSPS) is 18.1. The second-order valence-electron chi connectivity index (χ2n) is 9.52. The molecule has 198 valence electrons. The van der Waals surface area contributed by atoms with E-state index in [1.54, 1.807) is 7.11 Å². The van der Waals surface area contributed by atoms with Crippen LogP contribution >= 0.6 is 0 Å². The number of anilines is 2. The van der Waals surface area contributed by atoms with E-state index in [-0.39, 0.29) is 24.4 Å². The van der Waals surface area contributed by atoms with Gasteiger partial charge in [0.1, 0.15) is 0 Å². The zero-order chi connectivity index (χ0) is 26.5. The number of ether oxygens (including phenoxy) is 3. The van der Waals surface area contributed by atoms with Gasteiger partial charge in [-0.3, -0.25) is 14.7 Å². The van der Waals surface area contributed by atoms with Crippen molar-refractivity contribution in [1.82, 2.24) is 9.88 Å². The molecule has 9 heteroatoms. The van der Waals surface area contributed by atoms with Crippen molar-refractivity contribution in [2.24, 2.45) is 5.73 Å². The number of hydrogen-bond donors (Lipinski definition) is 3. The molecule has 1 unspecified atom stereocenters. The number of nitrogens with one attached hydrogen (secondary N) is 1. The van der Waals surface area contributed by atoms with E-state index in [9.17, 15) is 9.90 Å². The summed E-state index contributed by atoms with van der Waals surface area (Å²) >= 11 is 0. The number of primary amides is 1. The Kier molecular flexibility index (Phi) is 8.48. The largest absolute Gasteiger partial charge is 0.493 e. The minimum Gasteiger partial charge on any atom is -0.493 e. The number of carbonyl (C=O) groups excluding carboxylic acids is 1. The first kappa shape index (κ1) is 26.7. The third-order valence-corrected chi connectivity index (χ3v) is 6.67. The molecule has 0 radical (unpaired) electrons. The SMILES string of the molecule is COc1cc2c(Nc3cccc(CO)c3C)c(C(N)=O)cnc2cc1OCCCN1CC(C)O[C@@H](C)C1. The molecular weight excluding hydrogens is 472 g/mol. The highest BCUT2D eigenvalue weighted by atomic mass is 16.5. The Bertz CT molecular complexity index is 1260. The van der Waals surface area contributed by atoms with E-state index >= 15 is 0 Å². The number of hydrogen-bond acceptors (Lipinski definition) is 8. The van der Waals surface area contributed by atoms with Crippen LogP contribution in [-0.4, -0.2) is 66.5 Å². The summed E-state index contributed by atoms with van der Waals surface area (Å²) in [5.74, 6) is 0.523. The molecule has 0 aliphatic carbocycles. The standard InChI is InChI=1S/C28H36N4O5/c1-17-14-32(15-18(2)37-17)9-6-10-36-26-12-24-21(11-25(26)35-4)27(22(13-30-24)28(29)34)31-23-8-5-7-20(16-33)19(23)3/h5,7-8,11-13,17-18,33H,6,9-10,14-16H2,1-4H3,(H2,29,34)(H,30,31)/t17-,18?/m0/s1. The number of aliphatic hydroxyl groups excluding tert-OH is 1. The molecule has 1 aliphatic heterocycles. The summed E-state index contributed by atoms with van der Waals surface area (Å²) in [7, 11) is 1.58. The van der Waals surface area contributed by atoms with E-state index in [1.165, 1.54) is 6.20 Å². The van der Waals surface area contributed by atoms with Gasteiger partial charge >= 0.3 is 0 Å². The number of aliphatic hydroxyl groups is 1. The fraction of sp³-hybridized carbons (Fsp3) is 0.429. The predicted molar refractivity (Wildman–Crippen MR) is 144 cm³/mol. The van der Waals surface area contributed by atoms with Crippen molar-refractivity contribution in [1.29, 1.82) is 0 Å². The molecule has 4 rings (SSSR count). The van der Waals surface area contributed by atoms with Crippen molar-refractivity contribution in [3.8, 4) is 11.5 Å². The number of pyridine rings is 1. The Labute approximate surface area is 217 Å². The fourth-order valence-electron chi connectivity index (χ4n) is 4.86. The molecule has 4 N–H and O–H groups in total. The molecule has 37 heavy (non-hydrogen) atoms. The van der Waals surface area contributed by atoms with Gasteiger partial charge in [0, 0.05) is 43.0 Å². The molecule has 1 aliphatic rings. The Hall–Kier alpha value is -3.40. The molecule has 1 fully saturated rings. The van der Waals surface area contributed by atoms with Gasteiger partial charge in [-0.2, -0.15) is 0 Å².